The Morgan fingerprint density at radius 1 is 0.471 bits per heavy atom. The van der Waals surface area contributed by atoms with Crippen molar-refractivity contribution >= 4 is 209 Å². The van der Waals surface area contributed by atoms with Gasteiger partial charge < -0.3 is 0 Å². The second kappa shape index (κ2) is 11.6. The van der Waals surface area contributed by atoms with E-state index in [2.05, 4.69) is 0 Å². The average Bonchev–Trinajstić information content (AvgIpc) is 2.64. The van der Waals surface area contributed by atoms with Crippen LogP contribution in [0.4, 0.5) is 0 Å². The molecule has 19 heteroatoms. The van der Waals surface area contributed by atoms with Crippen LogP contribution in [0.5, 0.6) is 0 Å². The predicted molar refractivity (Wildman–Crippen MR) is 156 cm³/mol. The van der Waals surface area contributed by atoms with Crippen molar-refractivity contribution in [3.05, 3.63) is 34.9 Å². The Morgan fingerprint density at radius 3 is 0.941 bits per heavy atom. The van der Waals surface area contributed by atoms with Crippen LogP contribution in [0.2, 0.25) is 0 Å². The third-order valence-electron chi connectivity index (χ3n) is 4.29. The lowest BCUT2D eigenvalue weighted by Gasteiger charge is -2.46. The lowest BCUT2D eigenvalue weighted by molar-refractivity contribution is 0.175. The first-order chi connectivity index (χ1) is 14.7. The van der Waals surface area contributed by atoms with Crippen LogP contribution in [-0.4, -0.2) is 24.9 Å². The Bertz CT molecular complexity index is 825. The van der Waals surface area contributed by atoms with E-state index in [0.29, 0.717) is 0 Å². The summed E-state index contributed by atoms with van der Waals surface area (Å²) in [5.41, 5.74) is -1.01. The van der Waals surface area contributed by atoms with Crippen molar-refractivity contribution in [2.75, 3.05) is 0 Å². The van der Waals surface area contributed by atoms with Crippen LogP contribution in [-0.2, 0) is 20.4 Å². The lowest BCUT2D eigenvalue weighted by atomic mass is 9.92. The molecule has 0 aliphatic heterocycles. The molecule has 0 fully saturated rings. The maximum atomic E-state index is 12.3. The van der Waals surface area contributed by atoms with Gasteiger partial charge in [-0.2, -0.15) is 0 Å². The van der Waals surface area contributed by atoms with Gasteiger partial charge in [0.2, 0.25) is 16.3 Å². The molecule has 0 heterocycles. The predicted octanol–water partition coefficient (Wildman–Crippen LogP) is 12.3. The average molecular weight is 839 g/mol. The monoisotopic (exact) mass is 830 g/mol. The molecule has 0 spiro atoms. The molecule has 0 bridgehead atoms. The Balaban J connectivity index is 3.93. The molecule has 0 unspecified atom stereocenters. The fourth-order valence-corrected chi connectivity index (χ4v) is 7.05. The zero-order valence-corrected chi connectivity index (χ0v) is 28.8. The Morgan fingerprint density at radius 2 is 0.735 bits per heavy atom. The molecule has 0 N–H and O–H groups in total. The number of alkyl halides is 18. The van der Waals surface area contributed by atoms with Gasteiger partial charge in [0.15, 0.2) is 17.3 Å². The molecular formula is C15H5Cl18O. The summed E-state index contributed by atoms with van der Waals surface area (Å²) in [6.45, 7) is -1.13. The quantitative estimate of drug-likeness (QED) is 0.244. The Kier molecular flexibility index (Phi) is 12.4. The van der Waals surface area contributed by atoms with Crippen molar-refractivity contribution in [3.8, 4) is 0 Å². The van der Waals surface area contributed by atoms with Crippen LogP contribution < -0.4 is 0 Å². The number of benzene rings is 1. The lowest BCUT2D eigenvalue weighted by Crippen LogP contribution is -2.56. The fourth-order valence-electron chi connectivity index (χ4n) is 2.42. The van der Waals surface area contributed by atoms with E-state index in [-0.39, 0.29) is 16.7 Å². The summed E-state index contributed by atoms with van der Waals surface area (Å²) in [5, 5.41) is 12.3. The summed E-state index contributed by atoms with van der Waals surface area (Å²) in [6.07, 6.45) is 0. The summed E-state index contributed by atoms with van der Waals surface area (Å²) in [6, 6.07) is 3.67. The van der Waals surface area contributed by atoms with Gasteiger partial charge in [0.25, 0.3) is 0 Å². The summed E-state index contributed by atoms with van der Waals surface area (Å²) in [7, 11) is 0. The van der Waals surface area contributed by atoms with Crippen LogP contribution in [0.15, 0.2) is 18.2 Å². The van der Waals surface area contributed by atoms with Crippen molar-refractivity contribution in [3.63, 3.8) is 0 Å². The maximum Gasteiger partial charge on any atom is 0.226 e. The standard InChI is InChI=1S/C15H5Cl18O/c16-8(17,10(20,21)12(24,25)14(28,29)30)6-2-1-3-7(5(6)4-34)9(18,19)11(22,23)13(26,27)15(31,32)33/h1-3H,4H2. The minimum absolute atomic E-state index is 0.327. The van der Waals surface area contributed by atoms with Gasteiger partial charge in [-0.15, -0.1) is 0 Å². The van der Waals surface area contributed by atoms with Crippen LogP contribution in [0.1, 0.15) is 16.7 Å². The number of rotatable bonds is 7. The van der Waals surface area contributed by atoms with E-state index in [1.807, 2.05) is 0 Å². The van der Waals surface area contributed by atoms with Crippen LogP contribution in [0.25, 0.3) is 0 Å². The van der Waals surface area contributed by atoms with Gasteiger partial charge in [-0.1, -0.05) is 227 Å². The van der Waals surface area contributed by atoms with Gasteiger partial charge in [-0.3, -0.25) is 0 Å². The molecule has 0 saturated carbocycles. The summed E-state index contributed by atoms with van der Waals surface area (Å²) in [5.74, 6) is 0. The van der Waals surface area contributed by atoms with Crippen LogP contribution >= 0.6 is 209 Å². The smallest absolute Gasteiger partial charge is 0.226 e. The first kappa shape index (κ1) is 36.4. The fraction of sp³-hybridized carbons (Fsp3) is 0.600. The van der Waals surface area contributed by atoms with E-state index in [1.165, 1.54) is 18.2 Å². The van der Waals surface area contributed by atoms with E-state index < -0.39 is 40.2 Å². The van der Waals surface area contributed by atoms with Gasteiger partial charge in [0.1, 0.15) is 6.61 Å². The number of hydrogen-bond donors (Lipinski definition) is 0. The van der Waals surface area contributed by atoms with Crippen molar-refractivity contribution in [2.45, 2.75) is 40.2 Å². The highest BCUT2D eigenvalue weighted by Gasteiger charge is 2.71. The Labute approximate surface area is 285 Å². The normalized spacial score (nSPS) is 15.6. The maximum absolute atomic E-state index is 12.3. The highest BCUT2D eigenvalue weighted by molar-refractivity contribution is 6.81. The molecule has 1 aromatic carbocycles. The van der Waals surface area contributed by atoms with Crippen LogP contribution in [0, 0.1) is 0 Å². The molecule has 0 aliphatic rings. The molecule has 1 nitrogen and oxygen atoms in total. The van der Waals surface area contributed by atoms with Gasteiger partial charge in [-0.25, -0.2) is 5.11 Å². The second-order valence-electron chi connectivity index (χ2n) is 6.42. The van der Waals surface area contributed by atoms with Crippen molar-refractivity contribution < 1.29 is 5.11 Å². The minimum Gasteiger partial charge on any atom is -0.232 e. The van der Waals surface area contributed by atoms with Gasteiger partial charge in [0.05, 0.1) is 0 Å². The highest BCUT2D eigenvalue weighted by atomic mass is 35.6. The molecule has 0 atom stereocenters. The first-order valence-corrected chi connectivity index (χ1v) is 14.6. The number of halogens is 18. The molecule has 1 radical (unpaired) electrons. The van der Waals surface area contributed by atoms with E-state index in [1.54, 1.807) is 0 Å². The van der Waals surface area contributed by atoms with Gasteiger partial charge in [0, 0.05) is 0 Å². The first-order valence-electron chi connectivity index (χ1n) is 7.79. The van der Waals surface area contributed by atoms with Crippen molar-refractivity contribution in [2.24, 2.45) is 0 Å². The molecule has 34 heavy (non-hydrogen) atoms. The van der Waals surface area contributed by atoms with Crippen molar-refractivity contribution in [1.82, 2.24) is 0 Å². The topological polar surface area (TPSA) is 19.9 Å². The zero-order chi connectivity index (χ0) is 27.6. The summed E-state index contributed by atoms with van der Waals surface area (Å²) < 4.78 is -20.9. The van der Waals surface area contributed by atoms with E-state index in [4.69, 9.17) is 209 Å². The zero-order valence-electron chi connectivity index (χ0n) is 15.2. The second-order valence-corrected chi connectivity index (χ2v) is 18.9. The summed E-state index contributed by atoms with van der Waals surface area (Å²) in [4.78, 5) is 0. The van der Waals surface area contributed by atoms with E-state index in [9.17, 15) is 5.11 Å². The molecule has 0 aromatic heterocycles. The Hall–Kier alpha value is 4.40. The molecule has 1 aromatic rings. The molecule has 197 valence electrons. The van der Waals surface area contributed by atoms with E-state index >= 15 is 0 Å². The van der Waals surface area contributed by atoms with Crippen LogP contribution in [0.3, 0.4) is 0 Å². The third kappa shape index (κ3) is 6.11. The van der Waals surface area contributed by atoms with Gasteiger partial charge in [-0.05, 0) is 16.7 Å². The van der Waals surface area contributed by atoms with E-state index in [0.717, 1.165) is 0 Å². The highest BCUT2D eigenvalue weighted by Crippen LogP contribution is 2.68. The molecule has 0 amide bonds. The summed E-state index contributed by atoms with van der Waals surface area (Å²) >= 11 is 111. The number of hydrogen-bond acceptors (Lipinski definition) is 0. The SMILES string of the molecule is [O]Cc1c(C(Cl)(Cl)C(Cl)(Cl)C(Cl)(Cl)C(Cl)(Cl)Cl)cccc1C(Cl)(Cl)C(Cl)(Cl)C(Cl)(Cl)C(Cl)(Cl)Cl. The molecule has 0 saturated heterocycles. The molecular weight excluding hydrogens is 834 g/mol. The largest absolute Gasteiger partial charge is 0.232 e. The minimum atomic E-state index is -2.71. The third-order valence-corrected chi connectivity index (χ3v) is 15.2. The molecule has 1 rings (SSSR count). The molecule has 0 aliphatic carbocycles. The van der Waals surface area contributed by atoms with Gasteiger partial charge >= 0.3 is 0 Å². The van der Waals surface area contributed by atoms with Crippen molar-refractivity contribution in [1.29, 1.82) is 0 Å².